The van der Waals surface area contributed by atoms with Crippen molar-refractivity contribution in [1.82, 2.24) is 15.3 Å². The van der Waals surface area contributed by atoms with E-state index in [1.807, 2.05) is 6.20 Å². The zero-order valence-electron chi connectivity index (χ0n) is 14.6. The van der Waals surface area contributed by atoms with E-state index >= 15 is 0 Å². The van der Waals surface area contributed by atoms with Gasteiger partial charge in [-0.25, -0.2) is 0 Å². The molecule has 0 bridgehead atoms. The van der Waals surface area contributed by atoms with Crippen LogP contribution < -0.4 is 10.1 Å². The van der Waals surface area contributed by atoms with Crippen LogP contribution in [0.5, 0.6) is 5.75 Å². The Balaban J connectivity index is 1.62. The van der Waals surface area contributed by atoms with Gasteiger partial charge in [-0.2, -0.15) is 0 Å². The SMILES string of the molecule is CC[C@H](N[C@H](C)c1cnccn1)c1ccc(OC2CCCC2)cc1. The van der Waals surface area contributed by atoms with Crippen LogP contribution in [-0.4, -0.2) is 16.1 Å². The predicted octanol–water partition coefficient (Wildman–Crippen LogP) is 4.60. The average Bonchev–Trinajstić information content (AvgIpc) is 3.14. The molecule has 0 amide bonds. The second-order valence-electron chi connectivity index (χ2n) is 6.57. The molecule has 1 aromatic heterocycles. The van der Waals surface area contributed by atoms with Gasteiger partial charge in [0.2, 0.25) is 0 Å². The first kappa shape index (κ1) is 16.9. The molecule has 1 fully saturated rings. The number of benzene rings is 1. The third kappa shape index (κ3) is 4.32. The molecule has 0 aliphatic heterocycles. The molecular formula is C20H27N3O. The number of hydrogen-bond donors (Lipinski definition) is 1. The number of rotatable bonds is 7. The Labute approximate surface area is 144 Å². The van der Waals surface area contributed by atoms with Gasteiger partial charge < -0.3 is 10.1 Å². The van der Waals surface area contributed by atoms with Gasteiger partial charge in [-0.3, -0.25) is 9.97 Å². The molecular weight excluding hydrogens is 298 g/mol. The van der Waals surface area contributed by atoms with Gasteiger partial charge in [-0.15, -0.1) is 0 Å². The second kappa shape index (κ2) is 8.25. The summed E-state index contributed by atoms with van der Waals surface area (Å²) >= 11 is 0. The van der Waals surface area contributed by atoms with Gasteiger partial charge in [0.25, 0.3) is 0 Å². The quantitative estimate of drug-likeness (QED) is 0.808. The number of nitrogens with one attached hydrogen (secondary N) is 1. The van der Waals surface area contributed by atoms with Gasteiger partial charge in [0.05, 0.1) is 11.8 Å². The van der Waals surface area contributed by atoms with Gasteiger partial charge in [0, 0.05) is 30.7 Å². The van der Waals surface area contributed by atoms with Crippen molar-refractivity contribution in [2.24, 2.45) is 0 Å². The first-order chi connectivity index (χ1) is 11.8. The first-order valence-corrected chi connectivity index (χ1v) is 9.05. The van der Waals surface area contributed by atoms with Crippen LogP contribution in [0.1, 0.15) is 69.3 Å². The molecule has 1 N–H and O–H groups in total. The average molecular weight is 325 g/mol. The molecule has 1 aliphatic rings. The van der Waals surface area contributed by atoms with Gasteiger partial charge in [0.15, 0.2) is 0 Å². The number of ether oxygens (including phenoxy) is 1. The summed E-state index contributed by atoms with van der Waals surface area (Å²) in [4.78, 5) is 8.54. The predicted molar refractivity (Wildman–Crippen MR) is 95.9 cm³/mol. The number of hydrogen-bond acceptors (Lipinski definition) is 4. The van der Waals surface area contributed by atoms with E-state index in [2.05, 4.69) is 53.4 Å². The molecule has 4 heteroatoms. The summed E-state index contributed by atoms with van der Waals surface area (Å²) in [5.74, 6) is 0.988. The van der Waals surface area contributed by atoms with Gasteiger partial charge >= 0.3 is 0 Å². The summed E-state index contributed by atoms with van der Waals surface area (Å²) in [5.41, 5.74) is 2.25. The van der Waals surface area contributed by atoms with E-state index in [-0.39, 0.29) is 6.04 Å². The molecule has 128 valence electrons. The Morgan fingerprint density at radius 3 is 2.54 bits per heavy atom. The molecule has 2 aromatic rings. The molecule has 0 spiro atoms. The Bertz CT molecular complexity index is 609. The molecule has 2 atom stereocenters. The van der Waals surface area contributed by atoms with Crippen molar-refractivity contribution in [2.75, 3.05) is 0 Å². The molecule has 0 radical (unpaired) electrons. The highest BCUT2D eigenvalue weighted by atomic mass is 16.5. The molecule has 1 aromatic carbocycles. The van der Waals surface area contributed by atoms with Crippen LogP contribution in [0.4, 0.5) is 0 Å². The summed E-state index contributed by atoms with van der Waals surface area (Å²) < 4.78 is 6.06. The fourth-order valence-electron chi connectivity index (χ4n) is 3.35. The molecule has 1 saturated carbocycles. The zero-order valence-corrected chi connectivity index (χ0v) is 14.6. The van der Waals surface area contributed by atoms with E-state index in [0.717, 1.165) is 17.9 Å². The highest BCUT2D eigenvalue weighted by Gasteiger charge is 2.17. The minimum absolute atomic E-state index is 0.165. The first-order valence-electron chi connectivity index (χ1n) is 9.05. The minimum atomic E-state index is 0.165. The fourth-order valence-corrected chi connectivity index (χ4v) is 3.35. The highest BCUT2D eigenvalue weighted by Crippen LogP contribution is 2.27. The second-order valence-corrected chi connectivity index (χ2v) is 6.57. The lowest BCUT2D eigenvalue weighted by Gasteiger charge is -2.22. The van der Waals surface area contributed by atoms with E-state index in [0.29, 0.717) is 12.1 Å². The van der Waals surface area contributed by atoms with Crippen molar-refractivity contribution >= 4 is 0 Å². The molecule has 0 unspecified atom stereocenters. The smallest absolute Gasteiger partial charge is 0.119 e. The van der Waals surface area contributed by atoms with Crippen molar-refractivity contribution in [3.63, 3.8) is 0 Å². The third-order valence-corrected chi connectivity index (χ3v) is 4.77. The van der Waals surface area contributed by atoms with Crippen molar-refractivity contribution in [1.29, 1.82) is 0 Å². The molecule has 1 aliphatic carbocycles. The van der Waals surface area contributed by atoms with Crippen LogP contribution in [0.3, 0.4) is 0 Å². The topological polar surface area (TPSA) is 47.0 Å². The van der Waals surface area contributed by atoms with Crippen molar-refractivity contribution in [3.8, 4) is 5.75 Å². The lowest BCUT2D eigenvalue weighted by Crippen LogP contribution is -2.25. The summed E-state index contributed by atoms with van der Waals surface area (Å²) in [5, 5.41) is 3.65. The molecule has 1 heterocycles. The molecule has 0 saturated heterocycles. The van der Waals surface area contributed by atoms with Crippen LogP contribution in [0.25, 0.3) is 0 Å². The number of nitrogens with zero attached hydrogens (tertiary/aromatic N) is 2. The summed E-state index contributed by atoms with van der Waals surface area (Å²) in [6.07, 6.45) is 11.7. The molecule has 4 nitrogen and oxygen atoms in total. The van der Waals surface area contributed by atoms with Crippen molar-refractivity contribution in [3.05, 3.63) is 54.1 Å². The molecule has 3 rings (SSSR count). The maximum atomic E-state index is 6.06. The largest absolute Gasteiger partial charge is 0.490 e. The van der Waals surface area contributed by atoms with Crippen LogP contribution in [-0.2, 0) is 0 Å². The monoisotopic (exact) mass is 325 g/mol. The summed E-state index contributed by atoms with van der Waals surface area (Å²) in [6.45, 7) is 4.33. The minimum Gasteiger partial charge on any atom is -0.490 e. The maximum Gasteiger partial charge on any atom is 0.119 e. The summed E-state index contributed by atoms with van der Waals surface area (Å²) in [6, 6.07) is 9.01. The van der Waals surface area contributed by atoms with Crippen LogP contribution in [0.2, 0.25) is 0 Å². The van der Waals surface area contributed by atoms with Gasteiger partial charge in [-0.1, -0.05) is 19.1 Å². The van der Waals surface area contributed by atoms with Crippen molar-refractivity contribution in [2.45, 2.75) is 64.1 Å². The summed E-state index contributed by atoms with van der Waals surface area (Å²) in [7, 11) is 0. The number of aromatic nitrogens is 2. The standard InChI is InChI=1S/C20H27N3O/c1-3-19(23-15(2)20-14-21-12-13-22-20)16-8-10-18(11-9-16)24-17-6-4-5-7-17/h8-15,17,19,23H,3-7H2,1-2H3/t15-,19+/m1/s1. The van der Waals surface area contributed by atoms with E-state index in [1.54, 1.807) is 12.4 Å². The van der Waals surface area contributed by atoms with E-state index in [4.69, 9.17) is 4.74 Å². The molecule has 24 heavy (non-hydrogen) atoms. The lowest BCUT2D eigenvalue weighted by atomic mass is 10.0. The Kier molecular flexibility index (Phi) is 5.81. The third-order valence-electron chi connectivity index (χ3n) is 4.77. The van der Waals surface area contributed by atoms with Crippen molar-refractivity contribution < 1.29 is 4.74 Å². The van der Waals surface area contributed by atoms with Gasteiger partial charge in [-0.05, 0) is 56.7 Å². The van der Waals surface area contributed by atoms with Crippen LogP contribution in [0.15, 0.2) is 42.9 Å². The highest BCUT2D eigenvalue weighted by molar-refractivity contribution is 5.29. The van der Waals surface area contributed by atoms with E-state index in [1.165, 1.54) is 31.2 Å². The van der Waals surface area contributed by atoms with Crippen LogP contribution in [0, 0.1) is 0 Å². The van der Waals surface area contributed by atoms with Gasteiger partial charge in [0.1, 0.15) is 5.75 Å². The normalized spacial score (nSPS) is 17.6. The Hall–Kier alpha value is -1.94. The van der Waals surface area contributed by atoms with Crippen LogP contribution >= 0.6 is 0 Å². The Morgan fingerprint density at radius 1 is 1.17 bits per heavy atom. The Morgan fingerprint density at radius 2 is 1.92 bits per heavy atom. The maximum absolute atomic E-state index is 6.06. The lowest BCUT2D eigenvalue weighted by molar-refractivity contribution is 0.210. The fraction of sp³-hybridized carbons (Fsp3) is 0.500. The zero-order chi connectivity index (χ0) is 16.8. The van der Waals surface area contributed by atoms with E-state index in [9.17, 15) is 0 Å². The van der Waals surface area contributed by atoms with E-state index < -0.39 is 0 Å².